The molecule has 3 heterocycles. The maximum absolute atomic E-state index is 12.8. The molecular weight excluding hydrogens is 306 g/mol. The summed E-state index contributed by atoms with van der Waals surface area (Å²) in [6.07, 6.45) is 8.04. The summed E-state index contributed by atoms with van der Waals surface area (Å²) in [6.45, 7) is 0. The van der Waals surface area contributed by atoms with E-state index in [4.69, 9.17) is 0 Å². The van der Waals surface area contributed by atoms with E-state index >= 15 is 0 Å². The summed E-state index contributed by atoms with van der Waals surface area (Å²) >= 11 is 0. The summed E-state index contributed by atoms with van der Waals surface area (Å²) in [5, 5.41) is 16.9. The molecule has 0 aliphatic heterocycles. The number of carbonyl (C=O) groups excluding carboxylic acids is 1. The lowest BCUT2D eigenvalue weighted by atomic mass is 9.76. The molecule has 4 rings (SSSR count). The van der Waals surface area contributed by atoms with Crippen LogP contribution in [0.15, 0.2) is 43.0 Å². The summed E-state index contributed by atoms with van der Waals surface area (Å²) in [7, 11) is 1.88. The fourth-order valence-corrected chi connectivity index (χ4v) is 3.32. The molecule has 1 atom stereocenters. The van der Waals surface area contributed by atoms with E-state index in [1.54, 1.807) is 16.9 Å². The Balaban J connectivity index is 1.62. The van der Waals surface area contributed by atoms with Crippen LogP contribution in [-0.4, -0.2) is 36.3 Å². The summed E-state index contributed by atoms with van der Waals surface area (Å²) in [4.78, 5) is 17.2. The van der Waals surface area contributed by atoms with E-state index in [1.807, 2.05) is 42.2 Å². The number of hydrogen-bond donors (Lipinski definition) is 2. The average molecular weight is 325 g/mol. The standard InChI is InChI=1S/C17H19N5O2/c1-21-6-7-22-17(21)13(10-19-22)16(24)20-15(11-8-12(23)9-11)14-4-2-3-5-18-14/h2-7,10-12,15,23H,8-9H2,1H3,(H,20,24). The zero-order valence-corrected chi connectivity index (χ0v) is 13.3. The van der Waals surface area contributed by atoms with Crippen molar-refractivity contribution in [1.29, 1.82) is 0 Å². The van der Waals surface area contributed by atoms with Crippen LogP contribution in [0.4, 0.5) is 0 Å². The predicted molar refractivity (Wildman–Crippen MR) is 87.3 cm³/mol. The third kappa shape index (κ3) is 2.46. The van der Waals surface area contributed by atoms with Crippen LogP contribution in [0.2, 0.25) is 0 Å². The molecule has 0 aromatic carbocycles. The van der Waals surface area contributed by atoms with Gasteiger partial charge < -0.3 is 15.0 Å². The minimum Gasteiger partial charge on any atom is -0.393 e. The number of aromatic nitrogens is 4. The van der Waals surface area contributed by atoms with E-state index in [9.17, 15) is 9.90 Å². The molecule has 24 heavy (non-hydrogen) atoms. The lowest BCUT2D eigenvalue weighted by molar-refractivity contribution is 0.0228. The van der Waals surface area contributed by atoms with Crippen LogP contribution < -0.4 is 5.32 Å². The number of rotatable bonds is 4. The molecule has 1 unspecified atom stereocenters. The average Bonchev–Trinajstić information content (AvgIpc) is 3.14. The smallest absolute Gasteiger partial charge is 0.257 e. The minimum atomic E-state index is -0.283. The molecular formula is C17H19N5O2. The summed E-state index contributed by atoms with van der Waals surface area (Å²) in [5.41, 5.74) is 2.10. The lowest BCUT2D eigenvalue weighted by Crippen LogP contribution is -2.41. The molecule has 3 aromatic heterocycles. The van der Waals surface area contributed by atoms with Gasteiger partial charge in [-0.15, -0.1) is 0 Å². The fourth-order valence-electron chi connectivity index (χ4n) is 3.32. The quantitative estimate of drug-likeness (QED) is 0.757. The molecule has 1 fully saturated rings. The normalized spacial score (nSPS) is 21.4. The number of nitrogens with zero attached hydrogens (tertiary/aromatic N) is 4. The van der Waals surface area contributed by atoms with Crippen molar-refractivity contribution in [2.45, 2.75) is 25.0 Å². The summed E-state index contributed by atoms with van der Waals surface area (Å²) in [6, 6.07) is 5.46. The third-order valence-electron chi connectivity index (χ3n) is 4.69. The van der Waals surface area contributed by atoms with E-state index in [0.29, 0.717) is 18.4 Å². The lowest BCUT2D eigenvalue weighted by Gasteiger charge is -2.37. The molecule has 0 saturated heterocycles. The molecule has 3 aromatic rings. The number of imidazole rings is 1. The topological polar surface area (TPSA) is 84.5 Å². The molecule has 0 bridgehead atoms. The Morgan fingerprint density at radius 2 is 2.21 bits per heavy atom. The van der Waals surface area contributed by atoms with Crippen molar-refractivity contribution in [2.24, 2.45) is 13.0 Å². The first kappa shape index (κ1) is 14.9. The van der Waals surface area contributed by atoms with Crippen LogP contribution in [0, 0.1) is 5.92 Å². The Bertz CT molecular complexity index is 864. The van der Waals surface area contributed by atoms with E-state index in [2.05, 4.69) is 15.4 Å². The van der Waals surface area contributed by atoms with Crippen molar-refractivity contribution in [3.8, 4) is 0 Å². The van der Waals surface area contributed by atoms with E-state index in [1.165, 1.54) is 0 Å². The van der Waals surface area contributed by atoms with Crippen molar-refractivity contribution < 1.29 is 9.90 Å². The number of aliphatic hydroxyl groups excluding tert-OH is 1. The van der Waals surface area contributed by atoms with Gasteiger partial charge in [0.1, 0.15) is 11.2 Å². The van der Waals surface area contributed by atoms with Crippen LogP contribution >= 0.6 is 0 Å². The van der Waals surface area contributed by atoms with Crippen LogP contribution in [0.1, 0.15) is 34.9 Å². The Kier molecular flexibility index (Phi) is 3.57. The van der Waals surface area contributed by atoms with E-state index in [-0.39, 0.29) is 24.0 Å². The van der Waals surface area contributed by atoms with Gasteiger partial charge in [-0.1, -0.05) is 6.07 Å². The van der Waals surface area contributed by atoms with Crippen molar-refractivity contribution in [3.05, 3.63) is 54.2 Å². The van der Waals surface area contributed by atoms with E-state index in [0.717, 1.165) is 11.3 Å². The highest BCUT2D eigenvalue weighted by Crippen LogP contribution is 2.37. The molecule has 0 spiro atoms. The fraction of sp³-hybridized carbons (Fsp3) is 0.353. The molecule has 1 amide bonds. The van der Waals surface area contributed by atoms with Crippen molar-refractivity contribution >= 4 is 11.6 Å². The van der Waals surface area contributed by atoms with Crippen molar-refractivity contribution in [3.63, 3.8) is 0 Å². The van der Waals surface area contributed by atoms with Gasteiger partial charge in [0.15, 0.2) is 0 Å². The molecule has 1 saturated carbocycles. The second-order valence-electron chi connectivity index (χ2n) is 6.33. The van der Waals surface area contributed by atoms with E-state index < -0.39 is 0 Å². The van der Waals surface area contributed by atoms with Gasteiger partial charge in [0, 0.05) is 25.6 Å². The van der Waals surface area contributed by atoms with Gasteiger partial charge in [-0.3, -0.25) is 9.78 Å². The van der Waals surface area contributed by atoms with Gasteiger partial charge in [0.2, 0.25) is 0 Å². The SMILES string of the molecule is Cn1ccn2ncc(C(=O)NC(c3ccccn3)C3CC(O)C3)c12. The number of amides is 1. The van der Waals surface area contributed by atoms with Crippen LogP contribution in [0.3, 0.4) is 0 Å². The number of aryl methyl sites for hydroxylation is 1. The second kappa shape index (κ2) is 5.76. The maximum atomic E-state index is 12.8. The van der Waals surface area contributed by atoms with Gasteiger partial charge in [-0.25, -0.2) is 4.52 Å². The second-order valence-corrected chi connectivity index (χ2v) is 6.33. The first-order valence-corrected chi connectivity index (χ1v) is 8.02. The Morgan fingerprint density at radius 1 is 1.38 bits per heavy atom. The van der Waals surface area contributed by atoms with Crippen LogP contribution in [-0.2, 0) is 7.05 Å². The van der Waals surface area contributed by atoms with Crippen molar-refractivity contribution in [1.82, 2.24) is 24.5 Å². The Hall–Kier alpha value is -2.67. The minimum absolute atomic E-state index is 0.177. The van der Waals surface area contributed by atoms with Gasteiger partial charge in [-0.05, 0) is 30.9 Å². The molecule has 7 nitrogen and oxygen atoms in total. The number of pyridine rings is 1. The van der Waals surface area contributed by atoms with Crippen LogP contribution in [0.25, 0.3) is 5.65 Å². The molecule has 0 radical (unpaired) electrons. The summed E-state index contributed by atoms with van der Waals surface area (Å²) < 4.78 is 3.54. The predicted octanol–water partition coefficient (Wildman–Crippen LogP) is 1.31. The molecule has 2 N–H and O–H groups in total. The highest BCUT2D eigenvalue weighted by molar-refractivity contribution is 6.00. The molecule has 7 heteroatoms. The Morgan fingerprint density at radius 3 is 2.92 bits per heavy atom. The largest absolute Gasteiger partial charge is 0.393 e. The molecule has 124 valence electrons. The van der Waals surface area contributed by atoms with Gasteiger partial charge in [0.25, 0.3) is 5.91 Å². The molecule has 1 aliphatic rings. The van der Waals surface area contributed by atoms with Gasteiger partial charge in [-0.2, -0.15) is 5.10 Å². The number of fused-ring (bicyclic) bond motifs is 1. The van der Waals surface area contributed by atoms with Gasteiger partial charge in [0.05, 0.1) is 24.0 Å². The van der Waals surface area contributed by atoms with Gasteiger partial charge >= 0.3 is 0 Å². The number of hydrogen-bond acceptors (Lipinski definition) is 4. The zero-order chi connectivity index (χ0) is 16.7. The first-order chi connectivity index (χ1) is 11.6. The number of aliphatic hydroxyl groups is 1. The highest BCUT2D eigenvalue weighted by atomic mass is 16.3. The van der Waals surface area contributed by atoms with Crippen molar-refractivity contribution in [2.75, 3.05) is 0 Å². The number of carbonyl (C=O) groups is 1. The summed E-state index contributed by atoms with van der Waals surface area (Å²) in [5.74, 6) is 0.0159. The third-order valence-corrected chi connectivity index (χ3v) is 4.69. The zero-order valence-electron chi connectivity index (χ0n) is 13.3. The maximum Gasteiger partial charge on any atom is 0.257 e. The molecule has 1 aliphatic carbocycles. The highest BCUT2D eigenvalue weighted by Gasteiger charge is 2.36. The van der Waals surface area contributed by atoms with Crippen LogP contribution in [0.5, 0.6) is 0 Å². The monoisotopic (exact) mass is 325 g/mol. The first-order valence-electron chi connectivity index (χ1n) is 8.02. The Labute approximate surface area is 138 Å². The number of nitrogens with one attached hydrogen (secondary N) is 1.